The zero-order chi connectivity index (χ0) is 33.7. The van der Waals surface area contributed by atoms with Crippen molar-refractivity contribution in [2.45, 2.75) is 39.2 Å². The number of hydrogen-bond acceptors (Lipinski definition) is 8. The van der Waals surface area contributed by atoms with E-state index >= 15 is 0 Å². The van der Waals surface area contributed by atoms with Crippen LogP contribution in [-0.4, -0.2) is 106 Å². The van der Waals surface area contributed by atoms with Gasteiger partial charge in [-0.05, 0) is 99.9 Å². The van der Waals surface area contributed by atoms with Crippen LogP contribution < -0.4 is 20.3 Å². The summed E-state index contributed by atoms with van der Waals surface area (Å²) < 4.78 is 6.65. The molecule has 0 saturated carbocycles. The highest BCUT2D eigenvalue weighted by atomic mass is 79.9. The minimum absolute atomic E-state index is 0.484. The molecule has 5 rings (SSSR count). The first-order valence-electron chi connectivity index (χ1n) is 16.2. The fourth-order valence-corrected chi connectivity index (χ4v) is 7.58. The Balaban J connectivity index is 1.49. The van der Waals surface area contributed by atoms with E-state index in [-0.39, 0.29) is 0 Å². The Morgan fingerprint density at radius 2 is 1.83 bits per heavy atom. The number of fused-ring (bicyclic) bond motifs is 1. The quantitative estimate of drug-likeness (QED) is 0.160. The number of aryl methyl sites for hydroxylation is 3. The van der Waals surface area contributed by atoms with E-state index < -0.39 is 7.92 Å². The van der Waals surface area contributed by atoms with Gasteiger partial charge in [-0.25, -0.2) is 9.98 Å². The Labute approximate surface area is 290 Å². The fraction of sp³-hybridized carbons (Fsp3) is 0.444. The van der Waals surface area contributed by atoms with Crippen LogP contribution in [0.2, 0.25) is 0 Å². The van der Waals surface area contributed by atoms with Gasteiger partial charge in [0.25, 0.3) is 0 Å². The largest absolute Gasteiger partial charge is 0.494 e. The maximum Gasteiger partial charge on any atom is 0.147 e. The number of nitrogens with one attached hydrogen (secondary N) is 1. The SMILES string of the molecule is C=N/C=C(/Br)C(=Nc1ccc(-c2cnc(C)c(C)n2)cc1P(C)C)Nc1cc2c(cc1OC)N(C)CCC(N1CCN(C)CC1)CC2. The van der Waals surface area contributed by atoms with Gasteiger partial charge in [0.2, 0.25) is 0 Å². The molecule has 3 heterocycles. The Kier molecular flexibility index (Phi) is 11.8. The first kappa shape index (κ1) is 35.1. The lowest BCUT2D eigenvalue weighted by molar-refractivity contribution is 0.103. The summed E-state index contributed by atoms with van der Waals surface area (Å²) in [4.78, 5) is 26.1. The van der Waals surface area contributed by atoms with Crippen LogP contribution in [0.25, 0.3) is 11.3 Å². The van der Waals surface area contributed by atoms with Crippen molar-refractivity contribution in [3.05, 3.63) is 64.2 Å². The monoisotopic (exact) mass is 718 g/mol. The van der Waals surface area contributed by atoms with Gasteiger partial charge >= 0.3 is 0 Å². The summed E-state index contributed by atoms with van der Waals surface area (Å²) in [5.74, 6) is 1.39. The summed E-state index contributed by atoms with van der Waals surface area (Å²) in [6.45, 7) is 17.7. The number of amidine groups is 1. The molecule has 3 aromatic rings. The van der Waals surface area contributed by atoms with Crippen molar-refractivity contribution in [3.63, 3.8) is 0 Å². The molecule has 250 valence electrons. The third kappa shape index (κ3) is 8.47. The first-order valence-corrected chi connectivity index (χ1v) is 19.2. The molecule has 0 aliphatic carbocycles. The average molecular weight is 720 g/mol. The molecule has 1 unspecified atom stereocenters. The summed E-state index contributed by atoms with van der Waals surface area (Å²) in [5.41, 5.74) is 8.05. The molecule has 1 atom stereocenters. The molecule has 1 fully saturated rings. The summed E-state index contributed by atoms with van der Waals surface area (Å²) in [5, 5.41) is 4.78. The molecule has 47 heavy (non-hydrogen) atoms. The van der Waals surface area contributed by atoms with E-state index in [0.717, 1.165) is 85.3 Å². The predicted molar refractivity (Wildman–Crippen MR) is 205 cm³/mol. The molecule has 1 aromatic heterocycles. The Morgan fingerprint density at radius 3 is 2.51 bits per heavy atom. The minimum Gasteiger partial charge on any atom is -0.494 e. The number of aliphatic imine (C=N–C) groups is 2. The van der Waals surface area contributed by atoms with Crippen molar-refractivity contribution in [2.24, 2.45) is 9.98 Å². The van der Waals surface area contributed by atoms with Gasteiger partial charge in [0.15, 0.2) is 0 Å². The Hall–Kier alpha value is -3.17. The molecule has 2 aliphatic heterocycles. The van der Waals surface area contributed by atoms with Crippen LogP contribution in [0.3, 0.4) is 0 Å². The van der Waals surface area contributed by atoms with E-state index in [0.29, 0.717) is 16.4 Å². The van der Waals surface area contributed by atoms with Crippen molar-refractivity contribution in [3.8, 4) is 17.0 Å². The lowest BCUT2D eigenvalue weighted by Gasteiger charge is -2.40. The number of hydrogen-bond donors (Lipinski definition) is 1. The number of nitrogens with zero attached hydrogens (tertiary/aromatic N) is 7. The van der Waals surface area contributed by atoms with Gasteiger partial charge in [-0.2, -0.15) is 0 Å². The fourth-order valence-electron chi connectivity index (χ4n) is 6.26. The number of aromatic nitrogens is 2. The zero-order valence-electron chi connectivity index (χ0n) is 28.8. The number of benzene rings is 2. The molecule has 0 radical (unpaired) electrons. The second kappa shape index (κ2) is 15.8. The number of methoxy groups -OCH3 is 1. The Morgan fingerprint density at radius 1 is 1.06 bits per heavy atom. The van der Waals surface area contributed by atoms with Gasteiger partial charge in [-0.1, -0.05) is 14.0 Å². The molecule has 0 bridgehead atoms. The van der Waals surface area contributed by atoms with Gasteiger partial charge in [0, 0.05) is 74.6 Å². The lowest BCUT2D eigenvalue weighted by atomic mass is 9.96. The average Bonchev–Trinajstić information content (AvgIpc) is 3.05. The van der Waals surface area contributed by atoms with Crippen LogP contribution >= 0.6 is 23.9 Å². The molecular weight excluding hydrogens is 671 g/mol. The number of piperazine rings is 1. The lowest BCUT2D eigenvalue weighted by Crippen LogP contribution is -2.50. The summed E-state index contributed by atoms with van der Waals surface area (Å²) in [7, 11) is 5.66. The van der Waals surface area contributed by atoms with Crippen LogP contribution in [0.4, 0.5) is 17.1 Å². The van der Waals surface area contributed by atoms with Gasteiger partial charge in [-0.15, -0.1) is 0 Å². The van der Waals surface area contributed by atoms with Crippen molar-refractivity contribution in [2.75, 3.05) is 77.5 Å². The highest BCUT2D eigenvalue weighted by Crippen LogP contribution is 2.38. The van der Waals surface area contributed by atoms with E-state index in [1.54, 1.807) is 13.3 Å². The van der Waals surface area contributed by atoms with Crippen molar-refractivity contribution in [1.82, 2.24) is 19.8 Å². The van der Waals surface area contributed by atoms with E-state index in [4.69, 9.17) is 14.7 Å². The minimum atomic E-state index is -0.484. The molecule has 1 saturated heterocycles. The van der Waals surface area contributed by atoms with Gasteiger partial charge in [0.1, 0.15) is 11.6 Å². The maximum absolute atomic E-state index is 5.96. The number of halogens is 1. The number of anilines is 2. The van der Waals surface area contributed by atoms with Crippen LogP contribution in [0.1, 0.15) is 29.8 Å². The summed E-state index contributed by atoms with van der Waals surface area (Å²) in [6, 6.07) is 11.3. The standard InChI is InChI=1S/C36H48BrN8OP/c1-24-25(2)40-32(23-39-24)26-10-12-30(35(20-26)47(7)8)41-36(29(37)22-38-3)42-31-19-27-9-11-28(45-17-15-43(4)16-18-45)13-14-44(5)33(27)21-34(31)46-6/h10,12,19-23,28H,3,9,11,13-18H2,1-2,4-8H3,(H,41,42)/b29-22+. The van der Waals surface area contributed by atoms with Crippen LogP contribution in [0.15, 0.2) is 57.2 Å². The number of ether oxygens (including phenoxy) is 1. The van der Waals surface area contributed by atoms with Crippen LogP contribution in [0, 0.1) is 13.8 Å². The molecule has 1 N–H and O–H groups in total. The molecule has 2 aromatic carbocycles. The zero-order valence-corrected chi connectivity index (χ0v) is 31.3. The van der Waals surface area contributed by atoms with E-state index in [2.05, 4.69) is 110 Å². The predicted octanol–water partition coefficient (Wildman–Crippen LogP) is 6.60. The van der Waals surface area contributed by atoms with Gasteiger partial charge < -0.3 is 19.9 Å². The van der Waals surface area contributed by atoms with Crippen molar-refractivity contribution < 1.29 is 4.74 Å². The summed E-state index contributed by atoms with van der Waals surface area (Å²) in [6.07, 6.45) is 6.81. The van der Waals surface area contributed by atoms with E-state index in [1.807, 2.05) is 20.0 Å². The highest BCUT2D eigenvalue weighted by Gasteiger charge is 2.26. The molecule has 9 nitrogen and oxygen atoms in total. The van der Waals surface area contributed by atoms with Gasteiger partial charge in [0.05, 0.1) is 46.2 Å². The third-order valence-corrected chi connectivity index (χ3v) is 11.2. The molecule has 2 aliphatic rings. The molecular formula is C36H48BrN8OP. The van der Waals surface area contributed by atoms with Crippen LogP contribution in [0.5, 0.6) is 5.75 Å². The van der Waals surface area contributed by atoms with Gasteiger partial charge in [-0.3, -0.25) is 14.9 Å². The normalized spacial score (nSPS) is 18.5. The smallest absolute Gasteiger partial charge is 0.147 e. The van der Waals surface area contributed by atoms with Crippen molar-refractivity contribution >= 4 is 58.8 Å². The van der Waals surface area contributed by atoms with E-state index in [9.17, 15) is 0 Å². The maximum atomic E-state index is 5.96. The third-order valence-electron chi connectivity index (χ3n) is 9.27. The molecule has 11 heteroatoms. The highest BCUT2D eigenvalue weighted by molar-refractivity contribution is 9.12. The number of likely N-dealkylation sites (N-methyl/N-ethyl adjacent to an activating group) is 1. The first-order chi connectivity index (χ1) is 22.6. The second-order valence-corrected chi connectivity index (χ2v) is 15.8. The molecule has 0 amide bonds. The van der Waals surface area contributed by atoms with Crippen LogP contribution in [-0.2, 0) is 6.42 Å². The molecule has 0 spiro atoms. The topological polar surface area (TPSA) is 81.5 Å². The van der Waals surface area contributed by atoms with E-state index in [1.165, 1.54) is 23.0 Å². The summed E-state index contributed by atoms with van der Waals surface area (Å²) >= 11 is 3.72. The second-order valence-electron chi connectivity index (χ2n) is 12.7. The Bertz CT molecular complexity index is 1650. The number of rotatable bonds is 8. The van der Waals surface area contributed by atoms with Crippen molar-refractivity contribution in [1.29, 1.82) is 0 Å².